The average Bonchev–Trinajstić information content (AvgIpc) is 2.47. The van der Waals surface area contributed by atoms with E-state index in [4.69, 9.17) is 23.2 Å². The van der Waals surface area contributed by atoms with E-state index in [1.54, 1.807) is 19.2 Å². The van der Waals surface area contributed by atoms with Crippen LogP contribution in [0.1, 0.15) is 15.9 Å². The Balaban J connectivity index is 2.35. The van der Waals surface area contributed by atoms with Gasteiger partial charge in [0.1, 0.15) is 0 Å². The fourth-order valence-electron chi connectivity index (χ4n) is 1.88. The lowest BCUT2D eigenvalue weighted by molar-refractivity contribution is 0.102. The van der Waals surface area contributed by atoms with Crippen molar-refractivity contribution in [1.82, 2.24) is 0 Å². The summed E-state index contributed by atoms with van der Waals surface area (Å²) in [5.41, 5.74) is 2.77. The highest BCUT2D eigenvalue weighted by molar-refractivity contribution is 9.10. The number of benzene rings is 2. The van der Waals surface area contributed by atoms with Gasteiger partial charge < -0.3 is 10.6 Å². The summed E-state index contributed by atoms with van der Waals surface area (Å²) in [6.45, 7) is 1.93. The van der Waals surface area contributed by atoms with E-state index in [1.807, 2.05) is 25.1 Å². The van der Waals surface area contributed by atoms with Crippen molar-refractivity contribution in [1.29, 1.82) is 0 Å². The van der Waals surface area contributed by atoms with Gasteiger partial charge in [-0.3, -0.25) is 4.79 Å². The van der Waals surface area contributed by atoms with E-state index >= 15 is 0 Å². The quantitative estimate of drug-likeness (QED) is 0.696. The molecule has 0 radical (unpaired) electrons. The maximum Gasteiger partial charge on any atom is 0.257 e. The molecule has 0 bridgehead atoms. The van der Waals surface area contributed by atoms with Crippen molar-refractivity contribution in [2.45, 2.75) is 6.92 Å². The number of carbonyl (C=O) groups excluding carboxylic acids is 1. The summed E-state index contributed by atoms with van der Waals surface area (Å²) >= 11 is 15.5. The molecule has 0 spiro atoms. The minimum absolute atomic E-state index is 0.247. The lowest BCUT2D eigenvalue weighted by Gasteiger charge is -2.12. The standard InChI is InChI=1S/C15H13BrCl2N2O/c1-8-3-5-11(19-2)9(7-8)15(21)20-12-6-4-10(16)13(17)14(12)18/h3-7,19H,1-2H3,(H,20,21). The third-order valence-corrected chi connectivity index (χ3v) is 4.74. The fourth-order valence-corrected chi connectivity index (χ4v) is 2.70. The van der Waals surface area contributed by atoms with Crippen molar-refractivity contribution in [3.8, 4) is 0 Å². The van der Waals surface area contributed by atoms with Crippen LogP contribution in [0.5, 0.6) is 0 Å². The third kappa shape index (κ3) is 3.51. The molecule has 6 heteroatoms. The predicted molar refractivity (Wildman–Crippen MR) is 92.8 cm³/mol. The zero-order valence-corrected chi connectivity index (χ0v) is 14.5. The van der Waals surface area contributed by atoms with Crippen LogP contribution < -0.4 is 10.6 Å². The van der Waals surface area contributed by atoms with Crippen LogP contribution in [0.15, 0.2) is 34.8 Å². The maximum atomic E-state index is 12.4. The van der Waals surface area contributed by atoms with Crippen molar-refractivity contribution in [3.63, 3.8) is 0 Å². The van der Waals surface area contributed by atoms with Crippen molar-refractivity contribution in [2.75, 3.05) is 17.7 Å². The van der Waals surface area contributed by atoms with Gasteiger partial charge in [-0.15, -0.1) is 0 Å². The van der Waals surface area contributed by atoms with Crippen LogP contribution >= 0.6 is 39.1 Å². The van der Waals surface area contributed by atoms with Crippen LogP contribution in [0.25, 0.3) is 0 Å². The van der Waals surface area contributed by atoms with E-state index in [1.165, 1.54) is 0 Å². The van der Waals surface area contributed by atoms with Crippen LogP contribution in [-0.2, 0) is 0 Å². The molecule has 0 heterocycles. The molecule has 0 saturated carbocycles. The number of amides is 1. The molecule has 2 rings (SSSR count). The summed E-state index contributed by atoms with van der Waals surface area (Å²) in [5, 5.41) is 6.45. The largest absolute Gasteiger partial charge is 0.387 e. The van der Waals surface area contributed by atoms with E-state index < -0.39 is 0 Å². The normalized spacial score (nSPS) is 10.3. The smallest absolute Gasteiger partial charge is 0.257 e. The van der Waals surface area contributed by atoms with Gasteiger partial charge in [-0.25, -0.2) is 0 Å². The third-order valence-electron chi connectivity index (χ3n) is 2.97. The summed E-state index contributed by atoms with van der Waals surface area (Å²) in [6.07, 6.45) is 0. The van der Waals surface area contributed by atoms with Gasteiger partial charge in [-0.2, -0.15) is 0 Å². The molecule has 0 unspecified atom stereocenters. The Labute approximate surface area is 141 Å². The minimum Gasteiger partial charge on any atom is -0.387 e. The Bertz CT molecular complexity index is 704. The molecule has 0 aliphatic carbocycles. The molecule has 0 atom stereocenters. The van der Waals surface area contributed by atoms with Crippen LogP contribution in [0.3, 0.4) is 0 Å². The van der Waals surface area contributed by atoms with Crippen molar-refractivity contribution < 1.29 is 4.79 Å². The first-order valence-electron chi connectivity index (χ1n) is 6.17. The molecule has 0 aromatic heterocycles. The molecule has 0 aliphatic heterocycles. The van der Waals surface area contributed by atoms with E-state index in [-0.39, 0.29) is 5.91 Å². The lowest BCUT2D eigenvalue weighted by Crippen LogP contribution is -2.14. The lowest BCUT2D eigenvalue weighted by atomic mass is 10.1. The van der Waals surface area contributed by atoms with Crippen LogP contribution in [-0.4, -0.2) is 13.0 Å². The molecule has 0 saturated heterocycles. The van der Waals surface area contributed by atoms with E-state index in [9.17, 15) is 4.79 Å². The molecule has 2 aromatic rings. The van der Waals surface area contributed by atoms with Gasteiger partial charge in [0, 0.05) is 17.2 Å². The maximum absolute atomic E-state index is 12.4. The SMILES string of the molecule is CNc1ccc(C)cc1C(=O)Nc1ccc(Br)c(Cl)c1Cl. The average molecular weight is 388 g/mol. The van der Waals surface area contributed by atoms with E-state index in [0.717, 1.165) is 11.3 Å². The number of anilines is 2. The first-order chi connectivity index (χ1) is 9.93. The molecule has 3 nitrogen and oxygen atoms in total. The minimum atomic E-state index is -0.247. The topological polar surface area (TPSA) is 41.1 Å². The summed E-state index contributed by atoms with van der Waals surface area (Å²) in [4.78, 5) is 12.4. The number of hydrogen-bond donors (Lipinski definition) is 2. The van der Waals surface area contributed by atoms with E-state index in [0.29, 0.717) is 25.8 Å². The van der Waals surface area contributed by atoms with Crippen LogP contribution in [0.4, 0.5) is 11.4 Å². The number of halogens is 3. The molecule has 2 aromatic carbocycles. The van der Waals surface area contributed by atoms with E-state index in [2.05, 4.69) is 26.6 Å². The second-order valence-corrected chi connectivity index (χ2v) is 6.09. The van der Waals surface area contributed by atoms with Gasteiger partial charge in [0.05, 0.1) is 21.3 Å². The first-order valence-corrected chi connectivity index (χ1v) is 7.72. The number of nitrogens with one attached hydrogen (secondary N) is 2. The van der Waals surface area contributed by atoms with Gasteiger partial charge >= 0.3 is 0 Å². The van der Waals surface area contributed by atoms with Crippen LogP contribution in [0, 0.1) is 6.92 Å². The van der Waals surface area contributed by atoms with Gasteiger partial charge in [0.25, 0.3) is 5.91 Å². The van der Waals surface area contributed by atoms with Crippen molar-refractivity contribution >= 4 is 56.4 Å². The molecule has 21 heavy (non-hydrogen) atoms. The molecule has 110 valence electrons. The molecule has 0 fully saturated rings. The fraction of sp³-hybridized carbons (Fsp3) is 0.133. The zero-order chi connectivity index (χ0) is 15.6. The van der Waals surface area contributed by atoms with Gasteiger partial charge in [0.2, 0.25) is 0 Å². The molecule has 0 aliphatic rings. The number of aryl methyl sites for hydroxylation is 1. The highest BCUT2D eigenvalue weighted by Crippen LogP contribution is 2.36. The van der Waals surface area contributed by atoms with Gasteiger partial charge in [-0.05, 0) is 47.1 Å². The van der Waals surface area contributed by atoms with Crippen LogP contribution in [0.2, 0.25) is 10.0 Å². The monoisotopic (exact) mass is 386 g/mol. The Morgan fingerprint density at radius 1 is 1.10 bits per heavy atom. The Hall–Kier alpha value is -1.23. The molecule has 1 amide bonds. The summed E-state index contributed by atoms with van der Waals surface area (Å²) in [5.74, 6) is -0.247. The number of carbonyl (C=O) groups is 1. The summed E-state index contributed by atoms with van der Waals surface area (Å²) < 4.78 is 0.679. The molecule has 2 N–H and O–H groups in total. The Kier molecular flexibility index (Phi) is 5.14. The van der Waals surface area contributed by atoms with Gasteiger partial charge in [0.15, 0.2) is 0 Å². The Morgan fingerprint density at radius 3 is 2.43 bits per heavy atom. The highest BCUT2D eigenvalue weighted by Gasteiger charge is 2.15. The van der Waals surface area contributed by atoms with Crippen molar-refractivity contribution in [3.05, 3.63) is 56.0 Å². The summed E-state index contributed by atoms with van der Waals surface area (Å²) in [6, 6.07) is 9.05. The first kappa shape index (κ1) is 16.1. The Morgan fingerprint density at radius 2 is 1.76 bits per heavy atom. The molecular formula is C15H13BrCl2N2O. The van der Waals surface area contributed by atoms with Crippen molar-refractivity contribution in [2.24, 2.45) is 0 Å². The second kappa shape index (κ2) is 6.69. The molecular weight excluding hydrogens is 375 g/mol. The van der Waals surface area contributed by atoms with Gasteiger partial charge in [-0.1, -0.05) is 34.8 Å². The summed E-state index contributed by atoms with van der Waals surface area (Å²) in [7, 11) is 1.77. The second-order valence-electron chi connectivity index (χ2n) is 4.48. The number of hydrogen-bond acceptors (Lipinski definition) is 2. The highest BCUT2D eigenvalue weighted by atomic mass is 79.9. The predicted octanol–water partition coefficient (Wildman–Crippen LogP) is 5.36. The number of rotatable bonds is 3. The zero-order valence-electron chi connectivity index (χ0n) is 11.4.